The molecule has 6 heteroatoms. The molecule has 1 heterocycles. The molecule has 6 nitrogen and oxygen atoms in total. The summed E-state index contributed by atoms with van der Waals surface area (Å²) in [6.07, 6.45) is 0. The van der Waals surface area contributed by atoms with E-state index in [1.807, 2.05) is 0 Å². The fraction of sp³-hybridized carbons (Fsp3) is 0.333. The maximum absolute atomic E-state index is 11.9. The monoisotopic (exact) mass is 249 g/mol. The van der Waals surface area contributed by atoms with Gasteiger partial charge in [0.15, 0.2) is 0 Å². The maximum atomic E-state index is 11.9. The third kappa shape index (κ3) is 1.85. The van der Waals surface area contributed by atoms with Crippen LogP contribution < -0.4 is 11.4 Å². The first kappa shape index (κ1) is 12.2. The van der Waals surface area contributed by atoms with E-state index < -0.39 is 17.7 Å². The number of nitrogens with zero attached hydrogens (tertiary/aromatic N) is 1. The molecule has 0 spiro atoms. The van der Waals surface area contributed by atoms with Crippen molar-refractivity contribution in [1.82, 2.24) is 9.55 Å². The summed E-state index contributed by atoms with van der Waals surface area (Å²) in [6, 6.07) is 4.02. The van der Waals surface area contributed by atoms with Gasteiger partial charge in [-0.1, -0.05) is 13.8 Å². The minimum atomic E-state index is -1.02. The predicted molar refractivity (Wildman–Crippen MR) is 68.5 cm³/mol. The van der Waals surface area contributed by atoms with Crippen LogP contribution in [0.2, 0.25) is 0 Å². The van der Waals surface area contributed by atoms with Gasteiger partial charge in [0.1, 0.15) is 6.04 Å². The average molecular weight is 249 g/mol. The summed E-state index contributed by atoms with van der Waals surface area (Å²) in [4.78, 5) is 25.8. The van der Waals surface area contributed by atoms with E-state index in [2.05, 4.69) is 4.98 Å². The third-order valence-electron chi connectivity index (χ3n) is 2.90. The summed E-state index contributed by atoms with van der Waals surface area (Å²) in [5, 5.41) is 9.26. The number of aromatic nitrogens is 2. The highest BCUT2D eigenvalue weighted by molar-refractivity contribution is 5.82. The van der Waals surface area contributed by atoms with Gasteiger partial charge in [-0.3, -0.25) is 4.57 Å². The van der Waals surface area contributed by atoms with Crippen LogP contribution in [-0.2, 0) is 4.79 Å². The molecule has 0 amide bonds. The van der Waals surface area contributed by atoms with Crippen molar-refractivity contribution in [3.63, 3.8) is 0 Å². The number of nitrogens with two attached hydrogens (primary N) is 1. The number of H-pyrrole nitrogens is 1. The molecule has 1 unspecified atom stereocenters. The largest absolute Gasteiger partial charge is 0.480 e. The Morgan fingerprint density at radius 1 is 1.44 bits per heavy atom. The second-order valence-electron chi connectivity index (χ2n) is 4.60. The van der Waals surface area contributed by atoms with Crippen LogP contribution in [-0.4, -0.2) is 20.6 Å². The Morgan fingerprint density at radius 2 is 2.11 bits per heavy atom. The number of aromatic amines is 1. The van der Waals surface area contributed by atoms with Crippen molar-refractivity contribution < 1.29 is 9.90 Å². The fourth-order valence-corrected chi connectivity index (χ4v) is 2.12. The number of imidazole rings is 1. The summed E-state index contributed by atoms with van der Waals surface area (Å²) in [6.45, 7) is 3.53. The first-order valence-electron chi connectivity index (χ1n) is 5.64. The van der Waals surface area contributed by atoms with Gasteiger partial charge >= 0.3 is 11.7 Å². The SMILES string of the molecule is CC(C)C(C(=O)O)n1c(=O)[nH]c2cc(N)ccc21. The second kappa shape index (κ2) is 4.21. The molecule has 4 N–H and O–H groups in total. The van der Waals surface area contributed by atoms with E-state index in [-0.39, 0.29) is 5.92 Å². The molecule has 1 aromatic carbocycles. The maximum Gasteiger partial charge on any atom is 0.327 e. The number of fused-ring (bicyclic) bond motifs is 1. The summed E-state index contributed by atoms with van der Waals surface area (Å²) in [5.74, 6) is -1.22. The standard InChI is InChI=1S/C12H15N3O3/c1-6(2)10(11(16)17)15-9-4-3-7(13)5-8(9)14-12(15)18/h3-6,10H,13H2,1-2H3,(H,14,18)(H,16,17). The Balaban J connectivity index is 2.73. The van der Waals surface area contributed by atoms with Crippen LogP contribution >= 0.6 is 0 Å². The van der Waals surface area contributed by atoms with E-state index in [9.17, 15) is 14.7 Å². The van der Waals surface area contributed by atoms with E-state index in [0.29, 0.717) is 16.7 Å². The van der Waals surface area contributed by atoms with E-state index in [0.717, 1.165) is 0 Å². The van der Waals surface area contributed by atoms with Crippen LogP contribution in [0.1, 0.15) is 19.9 Å². The van der Waals surface area contributed by atoms with E-state index in [1.165, 1.54) is 4.57 Å². The molecule has 18 heavy (non-hydrogen) atoms. The van der Waals surface area contributed by atoms with Crippen LogP contribution in [0.5, 0.6) is 0 Å². The van der Waals surface area contributed by atoms with Gasteiger partial charge in [-0.25, -0.2) is 9.59 Å². The number of hydrogen-bond donors (Lipinski definition) is 3. The summed E-state index contributed by atoms with van der Waals surface area (Å²) in [7, 11) is 0. The lowest BCUT2D eigenvalue weighted by atomic mass is 10.0. The molecule has 0 saturated carbocycles. The van der Waals surface area contributed by atoms with Crippen molar-refractivity contribution in [3.8, 4) is 0 Å². The van der Waals surface area contributed by atoms with Gasteiger partial charge in [-0.05, 0) is 24.1 Å². The molecule has 0 bridgehead atoms. The Bertz CT molecular complexity index is 654. The van der Waals surface area contributed by atoms with Gasteiger partial charge in [-0.15, -0.1) is 0 Å². The molecule has 0 aliphatic rings. The first-order chi connectivity index (χ1) is 8.41. The molecule has 0 aliphatic carbocycles. The van der Waals surface area contributed by atoms with Crippen molar-refractivity contribution in [3.05, 3.63) is 28.7 Å². The topological polar surface area (TPSA) is 101 Å². The number of aliphatic carboxylic acids is 1. The molecule has 96 valence electrons. The van der Waals surface area contributed by atoms with Gasteiger partial charge in [0.2, 0.25) is 0 Å². The van der Waals surface area contributed by atoms with Crippen molar-refractivity contribution in [2.24, 2.45) is 5.92 Å². The lowest BCUT2D eigenvalue weighted by molar-refractivity contribution is -0.142. The third-order valence-corrected chi connectivity index (χ3v) is 2.90. The molecular weight excluding hydrogens is 234 g/mol. The Morgan fingerprint density at radius 3 is 2.67 bits per heavy atom. The fourth-order valence-electron chi connectivity index (χ4n) is 2.12. The second-order valence-corrected chi connectivity index (χ2v) is 4.60. The molecule has 0 fully saturated rings. The predicted octanol–water partition coefficient (Wildman–Crippen LogP) is 1.19. The van der Waals surface area contributed by atoms with E-state index in [1.54, 1.807) is 32.0 Å². The van der Waals surface area contributed by atoms with Crippen molar-refractivity contribution in [1.29, 1.82) is 0 Å². The van der Waals surface area contributed by atoms with Gasteiger partial charge in [-0.2, -0.15) is 0 Å². The molecule has 0 radical (unpaired) electrons. The first-order valence-corrected chi connectivity index (χ1v) is 5.64. The normalized spacial score (nSPS) is 13.1. The highest BCUT2D eigenvalue weighted by atomic mass is 16.4. The zero-order valence-electron chi connectivity index (χ0n) is 10.2. The Labute approximate surface area is 103 Å². The number of hydrogen-bond acceptors (Lipinski definition) is 3. The highest BCUT2D eigenvalue weighted by Gasteiger charge is 2.27. The molecule has 2 rings (SSSR count). The lowest BCUT2D eigenvalue weighted by Crippen LogP contribution is -2.31. The number of nitrogens with one attached hydrogen (secondary N) is 1. The van der Waals surface area contributed by atoms with Crippen LogP contribution in [0.25, 0.3) is 11.0 Å². The van der Waals surface area contributed by atoms with Gasteiger partial charge < -0.3 is 15.8 Å². The van der Waals surface area contributed by atoms with Crippen LogP contribution in [0.3, 0.4) is 0 Å². The van der Waals surface area contributed by atoms with Crippen molar-refractivity contribution in [2.45, 2.75) is 19.9 Å². The molecule has 0 saturated heterocycles. The van der Waals surface area contributed by atoms with Crippen LogP contribution in [0.15, 0.2) is 23.0 Å². The minimum absolute atomic E-state index is 0.197. The quantitative estimate of drug-likeness (QED) is 0.711. The molecule has 1 aromatic heterocycles. The van der Waals surface area contributed by atoms with Crippen molar-refractivity contribution in [2.75, 3.05) is 5.73 Å². The van der Waals surface area contributed by atoms with E-state index in [4.69, 9.17) is 5.73 Å². The summed E-state index contributed by atoms with van der Waals surface area (Å²) >= 11 is 0. The minimum Gasteiger partial charge on any atom is -0.480 e. The number of nitrogen functional groups attached to an aromatic ring is 1. The van der Waals surface area contributed by atoms with Gasteiger partial charge in [0, 0.05) is 5.69 Å². The zero-order valence-corrected chi connectivity index (χ0v) is 10.2. The number of carboxylic acids is 1. The Kier molecular flexibility index (Phi) is 2.86. The van der Waals surface area contributed by atoms with Crippen molar-refractivity contribution >= 4 is 22.7 Å². The number of rotatable bonds is 3. The number of carbonyl (C=O) groups is 1. The smallest absolute Gasteiger partial charge is 0.327 e. The number of carboxylic acid groups (broad SMARTS) is 1. The van der Waals surface area contributed by atoms with E-state index >= 15 is 0 Å². The number of benzene rings is 1. The average Bonchev–Trinajstić information content (AvgIpc) is 2.54. The molecule has 2 aromatic rings. The molecule has 1 atom stereocenters. The number of anilines is 1. The van der Waals surface area contributed by atoms with Crippen LogP contribution in [0.4, 0.5) is 5.69 Å². The molecular formula is C12H15N3O3. The summed E-state index contributed by atoms with van der Waals surface area (Å²) in [5.41, 5.74) is 6.82. The van der Waals surface area contributed by atoms with Gasteiger partial charge in [0.25, 0.3) is 0 Å². The molecule has 0 aliphatic heterocycles. The van der Waals surface area contributed by atoms with Gasteiger partial charge in [0.05, 0.1) is 11.0 Å². The highest BCUT2D eigenvalue weighted by Crippen LogP contribution is 2.22. The lowest BCUT2D eigenvalue weighted by Gasteiger charge is -2.17. The zero-order chi connectivity index (χ0) is 13.4. The summed E-state index contributed by atoms with van der Waals surface area (Å²) < 4.78 is 1.27. The Hall–Kier alpha value is -2.24. The van der Waals surface area contributed by atoms with Crippen LogP contribution in [0, 0.1) is 5.92 Å².